The van der Waals surface area contributed by atoms with Crippen molar-refractivity contribution in [2.24, 2.45) is 5.92 Å². The van der Waals surface area contributed by atoms with Crippen LogP contribution in [0, 0.1) is 5.92 Å². The van der Waals surface area contributed by atoms with Gasteiger partial charge < -0.3 is 10.1 Å². The zero-order valence-corrected chi connectivity index (χ0v) is 13.2. The third-order valence-electron chi connectivity index (χ3n) is 2.95. The highest BCUT2D eigenvalue weighted by atomic mass is 32.2. The highest BCUT2D eigenvalue weighted by Crippen LogP contribution is 2.30. The Morgan fingerprint density at radius 2 is 2.09 bits per heavy atom. The fourth-order valence-corrected chi connectivity index (χ4v) is 2.47. The quantitative estimate of drug-likeness (QED) is 0.460. The molecule has 1 aliphatic rings. The number of Topliss-reactive ketones (excluding diaryl/α,β-unsaturated/α-hetero) is 1. The Morgan fingerprint density at radius 3 is 2.59 bits per heavy atom. The SMILES string of the molecule is CCOC(=O)C(Sc1ccc(NC(=O)C2CC2)nn1)C(C)=O. The zero-order valence-electron chi connectivity index (χ0n) is 12.4. The predicted molar refractivity (Wildman–Crippen MR) is 80.3 cm³/mol. The maximum Gasteiger partial charge on any atom is 0.327 e. The average molecular weight is 323 g/mol. The van der Waals surface area contributed by atoms with E-state index < -0.39 is 11.2 Å². The van der Waals surface area contributed by atoms with E-state index in [4.69, 9.17) is 4.74 Å². The summed E-state index contributed by atoms with van der Waals surface area (Å²) in [5.74, 6) is -0.509. The first kappa shape index (κ1) is 16.4. The van der Waals surface area contributed by atoms with Gasteiger partial charge >= 0.3 is 5.97 Å². The van der Waals surface area contributed by atoms with E-state index in [1.54, 1.807) is 19.1 Å². The van der Waals surface area contributed by atoms with Gasteiger partial charge in [-0.05, 0) is 38.8 Å². The normalized spacial score (nSPS) is 15.0. The van der Waals surface area contributed by atoms with Crippen LogP contribution >= 0.6 is 11.8 Å². The average Bonchev–Trinajstić information content (AvgIpc) is 3.30. The molecule has 1 saturated carbocycles. The molecule has 22 heavy (non-hydrogen) atoms. The van der Waals surface area contributed by atoms with E-state index in [2.05, 4.69) is 15.5 Å². The molecule has 0 bridgehead atoms. The molecular weight excluding hydrogens is 306 g/mol. The number of ketones is 1. The number of rotatable bonds is 7. The molecule has 1 amide bonds. The summed E-state index contributed by atoms with van der Waals surface area (Å²) in [7, 11) is 0. The lowest BCUT2D eigenvalue weighted by Crippen LogP contribution is -2.27. The maximum atomic E-state index is 11.7. The van der Waals surface area contributed by atoms with Crippen molar-refractivity contribution in [2.45, 2.75) is 37.0 Å². The Balaban J connectivity index is 1.97. The number of nitrogens with zero attached hydrogens (tertiary/aromatic N) is 2. The first-order valence-electron chi connectivity index (χ1n) is 6.99. The summed E-state index contributed by atoms with van der Waals surface area (Å²) in [5, 5.41) is 9.92. The summed E-state index contributed by atoms with van der Waals surface area (Å²) < 4.78 is 4.86. The summed E-state index contributed by atoms with van der Waals surface area (Å²) in [6, 6.07) is 3.20. The van der Waals surface area contributed by atoms with Crippen LogP contribution < -0.4 is 5.32 Å². The molecular formula is C14H17N3O4S. The van der Waals surface area contributed by atoms with Crippen molar-refractivity contribution in [3.8, 4) is 0 Å². The summed E-state index contributed by atoms with van der Waals surface area (Å²) in [5.41, 5.74) is 0. The topological polar surface area (TPSA) is 98.2 Å². The van der Waals surface area contributed by atoms with Gasteiger partial charge in [0.15, 0.2) is 16.9 Å². The first-order chi connectivity index (χ1) is 10.5. The van der Waals surface area contributed by atoms with Gasteiger partial charge in [0.2, 0.25) is 5.91 Å². The van der Waals surface area contributed by atoms with Gasteiger partial charge in [-0.1, -0.05) is 11.8 Å². The number of nitrogens with one attached hydrogen (secondary N) is 1. The van der Waals surface area contributed by atoms with Crippen LogP contribution in [0.4, 0.5) is 5.82 Å². The Bertz CT molecular complexity index is 572. The molecule has 1 aliphatic carbocycles. The molecule has 8 heteroatoms. The smallest absolute Gasteiger partial charge is 0.327 e. The van der Waals surface area contributed by atoms with Crippen molar-refractivity contribution in [2.75, 3.05) is 11.9 Å². The molecule has 1 atom stereocenters. The lowest BCUT2D eigenvalue weighted by molar-refractivity contribution is -0.144. The Hall–Kier alpha value is -1.96. The maximum absolute atomic E-state index is 11.7. The van der Waals surface area contributed by atoms with Crippen LogP contribution in [0.1, 0.15) is 26.7 Å². The van der Waals surface area contributed by atoms with Crippen molar-refractivity contribution in [1.29, 1.82) is 0 Å². The highest BCUT2D eigenvalue weighted by molar-refractivity contribution is 8.01. The van der Waals surface area contributed by atoms with Crippen molar-refractivity contribution in [3.05, 3.63) is 12.1 Å². The number of hydrogen-bond acceptors (Lipinski definition) is 7. The molecule has 1 unspecified atom stereocenters. The van der Waals surface area contributed by atoms with Crippen LogP contribution in [0.5, 0.6) is 0 Å². The second-order valence-corrected chi connectivity index (χ2v) is 6.01. The van der Waals surface area contributed by atoms with Crippen LogP contribution in [-0.4, -0.2) is 39.7 Å². The summed E-state index contributed by atoms with van der Waals surface area (Å²) >= 11 is 0.981. The van der Waals surface area contributed by atoms with E-state index in [-0.39, 0.29) is 24.2 Å². The van der Waals surface area contributed by atoms with Gasteiger partial charge in [-0.3, -0.25) is 14.4 Å². The molecule has 0 aliphatic heterocycles. The van der Waals surface area contributed by atoms with E-state index >= 15 is 0 Å². The van der Waals surface area contributed by atoms with E-state index in [0.29, 0.717) is 10.8 Å². The molecule has 1 heterocycles. The van der Waals surface area contributed by atoms with Crippen molar-refractivity contribution < 1.29 is 19.1 Å². The lowest BCUT2D eigenvalue weighted by atomic mass is 10.3. The van der Waals surface area contributed by atoms with Gasteiger partial charge in [-0.15, -0.1) is 10.2 Å². The number of thioether (sulfide) groups is 1. The van der Waals surface area contributed by atoms with Crippen molar-refractivity contribution in [3.63, 3.8) is 0 Å². The minimum atomic E-state index is -0.957. The third-order valence-corrected chi connectivity index (χ3v) is 4.17. The fraction of sp³-hybridized carbons (Fsp3) is 0.500. The monoisotopic (exact) mass is 323 g/mol. The molecule has 0 saturated heterocycles. The van der Waals surface area contributed by atoms with Crippen molar-refractivity contribution >= 4 is 35.2 Å². The highest BCUT2D eigenvalue weighted by Gasteiger charge is 2.30. The number of amides is 1. The molecule has 118 valence electrons. The minimum absolute atomic E-state index is 0.0529. The van der Waals surface area contributed by atoms with Gasteiger partial charge in [0, 0.05) is 5.92 Å². The Morgan fingerprint density at radius 1 is 1.36 bits per heavy atom. The predicted octanol–water partition coefficient (Wildman–Crippen LogP) is 1.44. The van der Waals surface area contributed by atoms with Crippen LogP contribution in [-0.2, 0) is 19.1 Å². The molecule has 7 nitrogen and oxygen atoms in total. The lowest BCUT2D eigenvalue weighted by Gasteiger charge is -2.11. The number of anilines is 1. The third kappa shape index (κ3) is 4.52. The number of carbonyl (C=O) groups excluding carboxylic acids is 3. The van der Waals surface area contributed by atoms with Crippen LogP contribution in [0.15, 0.2) is 17.2 Å². The van der Waals surface area contributed by atoms with Gasteiger partial charge in [0.1, 0.15) is 5.03 Å². The van der Waals surface area contributed by atoms with Crippen LogP contribution in [0.2, 0.25) is 0 Å². The van der Waals surface area contributed by atoms with Crippen LogP contribution in [0.3, 0.4) is 0 Å². The van der Waals surface area contributed by atoms with Gasteiger partial charge in [0.05, 0.1) is 6.61 Å². The van der Waals surface area contributed by atoms with E-state index in [9.17, 15) is 14.4 Å². The first-order valence-corrected chi connectivity index (χ1v) is 7.87. The fourth-order valence-electron chi connectivity index (χ4n) is 1.66. The van der Waals surface area contributed by atoms with Gasteiger partial charge in [0.25, 0.3) is 0 Å². The van der Waals surface area contributed by atoms with Crippen LogP contribution in [0.25, 0.3) is 0 Å². The number of hydrogen-bond donors (Lipinski definition) is 1. The Labute approximate surface area is 132 Å². The second-order valence-electron chi connectivity index (χ2n) is 4.88. The number of carbonyl (C=O) groups is 3. The largest absolute Gasteiger partial charge is 0.465 e. The molecule has 0 aromatic carbocycles. The molecule has 2 rings (SSSR count). The number of ether oxygens (including phenoxy) is 1. The molecule has 1 aromatic heterocycles. The summed E-state index contributed by atoms with van der Waals surface area (Å²) in [6.45, 7) is 3.21. The Kier molecular flexibility index (Phi) is 5.48. The second kappa shape index (κ2) is 7.35. The number of aromatic nitrogens is 2. The molecule has 0 spiro atoms. The van der Waals surface area contributed by atoms with E-state index in [1.165, 1.54) is 6.92 Å². The van der Waals surface area contributed by atoms with E-state index in [0.717, 1.165) is 24.6 Å². The molecule has 1 aromatic rings. The summed E-state index contributed by atoms with van der Waals surface area (Å²) in [6.07, 6.45) is 1.82. The van der Waals surface area contributed by atoms with E-state index in [1.807, 2.05) is 0 Å². The molecule has 0 radical (unpaired) electrons. The van der Waals surface area contributed by atoms with Gasteiger partial charge in [-0.25, -0.2) is 0 Å². The van der Waals surface area contributed by atoms with Gasteiger partial charge in [-0.2, -0.15) is 0 Å². The number of esters is 1. The zero-order chi connectivity index (χ0) is 16.1. The standard InChI is InChI=1S/C14H17N3O4S/c1-3-21-14(20)12(8(2)18)22-11-7-6-10(16-17-11)15-13(19)9-4-5-9/h6-7,9,12H,3-5H2,1-2H3,(H,15,16,19). The molecule has 1 N–H and O–H groups in total. The molecule has 1 fully saturated rings. The van der Waals surface area contributed by atoms with Crippen molar-refractivity contribution in [1.82, 2.24) is 10.2 Å². The summed E-state index contributed by atoms with van der Waals surface area (Å²) in [4.78, 5) is 34.8. The minimum Gasteiger partial charge on any atom is -0.465 e.